The van der Waals surface area contributed by atoms with E-state index < -0.39 is 10.4 Å². The van der Waals surface area contributed by atoms with Gasteiger partial charge in [0.05, 0.1) is 16.0 Å². The number of aryl methyl sites for hydroxylation is 1. The summed E-state index contributed by atoms with van der Waals surface area (Å²) in [5, 5.41) is 12.7. The fraction of sp³-hybridized carbons (Fsp3) is 0.125. The van der Waals surface area contributed by atoms with E-state index in [1.807, 2.05) is 0 Å². The summed E-state index contributed by atoms with van der Waals surface area (Å²) >= 11 is 1.36. The Labute approximate surface area is 82.2 Å². The largest absolute Gasteiger partial charge is 0.345 e. The molecule has 14 heavy (non-hydrogen) atoms. The first-order chi connectivity index (χ1) is 6.61. The molecule has 0 bridgehead atoms. The van der Waals surface area contributed by atoms with Crippen molar-refractivity contribution in [2.24, 2.45) is 0 Å². The van der Waals surface area contributed by atoms with Crippen LogP contribution in [0.4, 0.5) is 5.69 Å². The van der Waals surface area contributed by atoms with Gasteiger partial charge in [-0.05, 0) is 18.4 Å². The summed E-state index contributed by atoms with van der Waals surface area (Å²) in [6.07, 6.45) is 0. The van der Waals surface area contributed by atoms with Crippen molar-refractivity contribution in [3.8, 4) is 0 Å². The van der Waals surface area contributed by atoms with E-state index in [0.29, 0.717) is 15.9 Å². The maximum Gasteiger partial charge on any atom is 0.335 e. The van der Waals surface area contributed by atoms with Crippen molar-refractivity contribution in [3.05, 3.63) is 37.5 Å². The van der Waals surface area contributed by atoms with Crippen molar-refractivity contribution < 1.29 is 4.92 Å². The van der Waals surface area contributed by atoms with Crippen LogP contribution >= 0.6 is 11.3 Å². The number of hydrogen-bond acceptors (Lipinski definition) is 4. The second-order valence-electron chi connectivity index (χ2n) is 2.85. The number of rotatable bonds is 1. The van der Waals surface area contributed by atoms with Crippen LogP contribution in [0.3, 0.4) is 0 Å². The van der Waals surface area contributed by atoms with Gasteiger partial charge in [-0.3, -0.25) is 14.9 Å². The summed E-state index contributed by atoms with van der Waals surface area (Å²) < 4.78 is 0. The Morgan fingerprint density at radius 1 is 1.57 bits per heavy atom. The molecular weight excluding hydrogens is 204 g/mol. The third-order valence-electron chi connectivity index (χ3n) is 1.96. The van der Waals surface area contributed by atoms with Crippen LogP contribution in [0.1, 0.15) is 5.69 Å². The molecule has 2 heterocycles. The van der Waals surface area contributed by atoms with Crippen LogP contribution in [0.25, 0.3) is 10.2 Å². The van der Waals surface area contributed by atoms with Crippen LogP contribution in [0.15, 0.2) is 16.2 Å². The van der Waals surface area contributed by atoms with E-state index in [2.05, 4.69) is 4.98 Å². The fourth-order valence-electron chi connectivity index (χ4n) is 1.33. The lowest BCUT2D eigenvalue weighted by Crippen LogP contribution is -2.10. The lowest BCUT2D eigenvalue weighted by Gasteiger charge is -1.96. The number of nitrogens with zero attached hydrogens (tertiary/aromatic N) is 1. The zero-order valence-electron chi connectivity index (χ0n) is 7.23. The van der Waals surface area contributed by atoms with Gasteiger partial charge in [0.1, 0.15) is 4.83 Å². The van der Waals surface area contributed by atoms with Gasteiger partial charge in [-0.15, -0.1) is 11.3 Å². The smallest absolute Gasteiger partial charge is 0.335 e. The van der Waals surface area contributed by atoms with E-state index >= 15 is 0 Å². The molecule has 0 aliphatic carbocycles. The normalized spacial score (nSPS) is 10.6. The molecule has 0 radical (unpaired) electrons. The number of H-pyrrole nitrogens is 1. The molecule has 0 spiro atoms. The summed E-state index contributed by atoms with van der Waals surface area (Å²) in [6.45, 7) is 1.53. The van der Waals surface area contributed by atoms with Crippen molar-refractivity contribution in [2.75, 3.05) is 0 Å². The molecule has 72 valence electrons. The highest BCUT2D eigenvalue weighted by molar-refractivity contribution is 7.16. The minimum absolute atomic E-state index is 0.301. The average molecular weight is 210 g/mol. The van der Waals surface area contributed by atoms with Crippen LogP contribution in [-0.4, -0.2) is 9.91 Å². The second kappa shape index (κ2) is 2.91. The zero-order chi connectivity index (χ0) is 10.3. The monoisotopic (exact) mass is 210 g/mol. The van der Waals surface area contributed by atoms with E-state index in [1.54, 1.807) is 11.4 Å². The molecule has 2 aromatic rings. The van der Waals surface area contributed by atoms with Crippen molar-refractivity contribution in [3.63, 3.8) is 0 Å². The first-order valence-corrected chi connectivity index (χ1v) is 4.73. The second-order valence-corrected chi connectivity index (χ2v) is 3.76. The lowest BCUT2D eigenvalue weighted by atomic mass is 10.2. The molecule has 6 heteroatoms. The predicted octanol–water partition coefficient (Wildman–Crippen LogP) is 1.81. The molecule has 0 fully saturated rings. The van der Waals surface area contributed by atoms with Gasteiger partial charge in [0.25, 0.3) is 5.43 Å². The van der Waals surface area contributed by atoms with Crippen molar-refractivity contribution in [1.29, 1.82) is 0 Å². The number of nitro groups is 1. The minimum atomic E-state index is -0.648. The van der Waals surface area contributed by atoms with Crippen LogP contribution in [0, 0.1) is 17.0 Å². The fourth-order valence-corrected chi connectivity index (χ4v) is 2.17. The molecule has 2 rings (SSSR count). The first kappa shape index (κ1) is 8.89. The SMILES string of the molecule is Cc1[nH]c2sccc2c(=O)c1[N+](=O)[O-]. The van der Waals surface area contributed by atoms with Crippen LogP contribution in [0.2, 0.25) is 0 Å². The zero-order valence-corrected chi connectivity index (χ0v) is 8.05. The molecule has 0 atom stereocenters. The van der Waals surface area contributed by atoms with Gasteiger partial charge < -0.3 is 4.98 Å². The number of hydrogen-bond donors (Lipinski definition) is 1. The number of fused-ring (bicyclic) bond motifs is 1. The van der Waals surface area contributed by atoms with Gasteiger partial charge in [0.2, 0.25) is 0 Å². The molecule has 0 aliphatic rings. The maximum atomic E-state index is 11.6. The van der Waals surface area contributed by atoms with Crippen molar-refractivity contribution >= 4 is 27.2 Å². The third kappa shape index (κ3) is 1.12. The number of nitrogens with one attached hydrogen (secondary N) is 1. The topological polar surface area (TPSA) is 76.0 Å². The Balaban J connectivity index is 2.97. The van der Waals surface area contributed by atoms with Crippen molar-refractivity contribution in [2.45, 2.75) is 6.92 Å². The van der Waals surface area contributed by atoms with E-state index in [-0.39, 0.29) is 5.69 Å². The molecular formula is C8H6N2O3S. The quantitative estimate of drug-likeness (QED) is 0.576. The Hall–Kier alpha value is -1.69. The Morgan fingerprint density at radius 2 is 2.29 bits per heavy atom. The predicted molar refractivity (Wildman–Crippen MR) is 53.8 cm³/mol. The highest BCUT2D eigenvalue weighted by Crippen LogP contribution is 2.20. The highest BCUT2D eigenvalue weighted by atomic mass is 32.1. The van der Waals surface area contributed by atoms with Gasteiger partial charge in [-0.1, -0.05) is 0 Å². The molecule has 5 nitrogen and oxygen atoms in total. The van der Waals surface area contributed by atoms with E-state index in [9.17, 15) is 14.9 Å². The number of pyridine rings is 1. The number of thiophene rings is 1. The summed E-state index contributed by atoms with van der Waals surface area (Å²) in [5.41, 5.74) is -0.576. The molecule has 0 saturated heterocycles. The summed E-state index contributed by atoms with van der Waals surface area (Å²) in [5.74, 6) is 0. The van der Waals surface area contributed by atoms with Gasteiger partial charge >= 0.3 is 5.69 Å². The highest BCUT2D eigenvalue weighted by Gasteiger charge is 2.19. The summed E-state index contributed by atoms with van der Waals surface area (Å²) in [6, 6.07) is 1.59. The van der Waals surface area contributed by atoms with Gasteiger partial charge in [0, 0.05) is 0 Å². The summed E-state index contributed by atoms with van der Waals surface area (Å²) in [7, 11) is 0. The Bertz CT molecular complexity index is 569. The van der Waals surface area contributed by atoms with Gasteiger partial charge in [-0.25, -0.2) is 0 Å². The Morgan fingerprint density at radius 3 is 2.93 bits per heavy atom. The first-order valence-electron chi connectivity index (χ1n) is 3.85. The average Bonchev–Trinajstić information content (AvgIpc) is 2.50. The van der Waals surface area contributed by atoms with Crippen molar-refractivity contribution in [1.82, 2.24) is 4.98 Å². The van der Waals surface area contributed by atoms with Crippen LogP contribution in [-0.2, 0) is 0 Å². The molecule has 0 unspecified atom stereocenters. The molecule has 0 amide bonds. The summed E-state index contributed by atoms with van der Waals surface area (Å²) in [4.78, 5) is 25.1. The number of aromatic nitrogens is 1. The van der Waals surface area contributed by atoms with Gasteiger partial charge in [-0.2, -0.15) is 0 Å². The lowest BCUT2D eigenvalue weighted by molar-refractivity contribution is -0.386. The van der Waals surface area contributed by atoms with Gasteiger partial charge in [0.15, 0.2) is 0 Å². The molecule has 0 saturated carbocycles. The molecule has 0 aromatic carbocycles. The molecule has 0 aliphatic heterocycles. The molecule has 1 N–H and O–H groups in total. The third-order valence-corrected chi connectivity index (χ3v) is 2.79. The van der Waals surface area contributed by atoms with E-state index in [1.165, 1.54) is 18.3 Å². The molecule has 2 aromatic heterocycles. The standard InChI is InChI=1S/C8H6N2O3S/c1-4-6(10(12)13)7(11)5-2-3-14-8(5)9-4/h2-3H,1H3,(H,9,11). The van der Waals surface area contributed by atoms with E-state index in [0.717, 1.165) is 0 Å². The van der Waals surface area contributed by atoms with Crippen LogP contribution < -0.4 is 5.43 Å². The van der Waals surface area contributed by atoms with Crippen LogP contribution in [0.5, 0.6) is 0 Å². The van der Waals surface area contributed by atoms with E-state index in [4.69, 9.17) is 0 Å². The maximum absolute atomic E-state index is 11.6. The Kier molecular flexibility index (Phi) is 1.85. The number of aromatic amines is 1. The minimum Gasteiger partial charge on any atom is -0.345 e.